The number of hydrogen-bond donors (Lipinski definition) is 0. The molecule has 0 heterocycles. The molecule has 0 aliphatic heterocycles. The predicted octanol–water partition coefficient (Wildman–Crippen LogP) is 3.68. The Morgan fingerprint density at radius 3 is 2.79 bits per heavy atom. The first kappa shape index (κ1) is 13.9. The molecule has 0 aromatic rings. The highest BCUT2D eigenvalue weighted by atomic mass is 35.5. The summed E-state index contributed by atoms with van der Waals surface area (Å²) in [6.07, 6.45) is 9.59. The van der Waals surface area contributed by atoms with Crippen molar-refractivity contribution in [1.29, 1.82) is 0 Å². The van der Waals surface area contributed by atoms with Gasteiger partial charge in [0.05, 0.1) is 7.11 Å². The third-order valence-corrected chi connectivity index (χ3v) is 3.76. The fourth-order valence-corrected chi connectivity index (χ4v) is 2.22. The molecule has 3 nitrogen and oxygen atoms in total. The summed E-state index contributed by atoms with van der Waals surface area (Å²) in [6, 6.07) is 0. The minimum atomic E-state index is -0.129. The first-order valence-corrected chi connectivity index (χ1v) is 6.66. The number of methoxy groups -OCH3 is 1. The van der Waals surface area contributed by atoms with E-state index < -0.39 is 0 Å². The van der Waals surface area contributed by atoms with Gasteiger partial charge in [0.15, 0.2) is 5.76 Å². The SMILES string of the molecule is COC1=C(OC2=CC=C(Cl)C(C)C2)C=CC(C=O)C1. The van der Waals surface area contributed by atoms with Crippen LogP contribution in [0.25, 0.3) is 0 Å². The molecule has 0 fully saturated rings. The number of allylic oxidation sites excluding steroid dienone is 7. The van der Waals surface area contributed by atoms with Gasteiger partial charge >= 0.3 is 0 Å². The quantitative estimate of drug-likeness (QED) is 0.737. The van der Waals surface area contributed by atoms with Crippen molar-refractivity contribution >= 4 is 17.9 Å². The summed E-state index contributed by atoms with van der Waals surface area (Å²) in [6.45, 7) is 2.06. The van der Waals surface area contributed by atoms with Gasteiger partial charge in [0.1, 0.15) is 17.8 Å². The van der Waals surface area contributed by atoms with Crippen molar-refractivity contribution < 1.29 is 14.3 Å². The predicted molar refractivity (Wildman–Crippen MR) is 74.2 cm³/mol. The van der Waals surface area contributed by atoms with E-state index >= 15 is 0 Å². The molecule has 0 N–H and O–H groups in total. The van der Waals surface area contributed by atoms with E-state index in [2.05, 4.69) is 6.92 Å². The van der Waals surface area contributed by atoms with Gasteiger partial charge in [-0.15, -0.1) is 0 Å². The van der Waals surface area contributed by atoms with Crippen molar-refractivity contribution in [3.05, 3.63) is 46.6 Å². The molecule has 0 saturated carbocycles. The molecule has 0 amide bonds. The zero-order valence-electron chi connectivity index (χ0n) is 11.1. The highest BCUT2D eigenvalue weighted by Gasteiger charge is 2.21. The fraction of sp³-hybridized carbons (Fsp3) is 0.400. The number of rotatable bonds is 4. The summed E-state index contributed by atoms with van der Waals surface area (Å²) in [4.78, 5) is 10.8. The van der Waals surface area contributed by atoms with E-state index in [1.54, 1.807) is 13.2 Å². The van der Waals surface area contributed by atoms with Crippen LogP contribution in [0.3, 0.4) is 0 Å². The summed E-state index contributed by atoms with van der Waals surface area (Å²) in [5, 5.41) is 0.841. The van der Waals surface area contributed by atoms with Gasteiger partial charge in [-0.05, 0) is 24.1 Å². The zero-order valence-corrected chi connectivity index (χ0v) is 11.8. The highest BCUT2D eigenvalue weighted by Crippen LogP contribution is 2.31. The first-order chi connectivity index (χ1) is 9.13. The standard InChI is InChI=1S/C15H17ClO3/c1-10-7-12(4-5-13(10)16)19-14-6-3-11(9-17)8-15(14)18-2/h3-6,9-11H,7-8H2,1-2H3. The van der Waals surface area contributed by atoms with Crippen LogP contribution in [0.4, 0.5) is 0 Å². The van der Waals surface area contributed by atoms with Gasteiger partial charge in [0.25, 0.3) is 0 Å². The van der Waals surface area contributed by atoms with Crippen LogP contribution in [0.2, 0.25) is 0 Å². The number of aldehydes is 1. The Kier molecular flexibility index (Phi) is 4.48. The summed E-state index contributed by atoms with van der Waals surface area (Å²) < 4.78 is 11.2. The molecule has 0 spiro atoms. The molecule has 2 unspecified atom stereocenters. The number of hydrogen-bond acceptors (Lipinski definition) is 3. The van der Waals surface area contributed by atoms with E-state index in [0.717, 1.165) is 23.5 Å². The van der Waals surface area contributed by atoms with E-state index in [9.17, 15) is 4.79 Å². The molecular formula is C15H17ClO3. The van der Waals surface area contributed by atoms with Crippen LogP contribution in [-0.4, -0.2) is 13.4 Å². The Labute approximate surface area is 118 Å². The average Bonchev–Trinajstić information content (AvgIpc) is 2.43. The second-order valence-corrected chi connectivity index (χ2v) is 5.18. The summed E-state index contributed by atoms with van der Waals surface area (Å²) >= 11 is 6.04. The van der Waals surface area contributed by atoms with E-state index in [-0.39, 0.29) is 11.8 Å². The summed E-state index contributed by atoms with van der Waals surface area (Å²) in [5.41, 5.74) is 0. The van der Waals surface area contributed by atoms with E-state index in [1.165, 1.54) is 0 Å². The van der Waals surface area contributed by atoms with Crippen LogP contribution < -0.4 is 0 Å². The molecule has 0 radical (unpaired) electrons. The molecule has 19 heavy (non-hydrogen) atoms. The molecule has 4 heteroatoms. The van der Waals surface area contributed by atoms with Crippen molar-refractivity contribution in [2.75, 3.05) is 7.11 Å². The lowest BCUT2D eigenvalue weighted by atomic mass is 9.99. The Bertz CT molecular complexity index is 486. The second kappa shape index (κ2) is 6.11. The fourth-order valence-electron chi connectivity index (χ4n) is 2.08. The minimum Gasteiger partial charge on any atom is -0.497 e. The van der Waals surface area contributed by atoms with Gasteiger partial charge in [0.2, 0.25) is 0 Å². The largest absolute Gasteiger partial charge is 0.497 e. The van der Waals surface area contributed by atoms with Gasteiger partial charge in [-0.2, -0.15) is 0 Å². The molecule has 0 aromatic heterocycles. The molecule has 0 saturated heterocycles. The Morgan fingerprint density at radius 2 is 2.16 bits per heavy atom. The maximum Gasteiger partial charge on any atom is 0.164 e. The molecule has 2 atom stereocenters. The Hall–Kier alpha value is -1.48. The van der Waals surface area contributed by atoms with E-state index in [0.29, 0.717) is 17.9 Å². The number of carbonyl (C=O) groups is 1. The maximum atomic E-state index is 10.8. The van der Waals surface area contributed by atoms with Crippen LogP contribution in [0.1, 0.15) is 19.8 Å². The Balaban J connectivity index is 2.12. The van der Waals surface area contributed by atoms with Crippen LogP contribution >= 0.6 is 11.6 Å². The molecule has 102 valence electrons. The third kappa shape index (κ3) is 3.29. The van der Waals surface area contributed by atoms with Crippen molar-refractivity contribution in [3.8, 4) is 0 Å². The minimum absolute atomic E-state index is 0.129. The first-order valence-electron chi connectivity index (χ1n) is 6.28. The summed E-state index contributed by atoms with van der Waals surface area (Å²) in [7, 11) is 1.59. The van der Waals surface area contributed by atoms with E-state index in [1.807, 2.05) is 18.2 Å². The smallest absolute Gasteiger partial charge is 0.164 e. The third-order valence-electron chi connectivity index (χ3n) is 3.26. The van der Waals surface area contributed by atoms with Gasteiger partial charge in [-0.25, -0.2) is 0 Å². The Morgan fingerprint density at radius 1 is 1.37 bits per heavy atom. The van der Waals surface area contributed by atoms with Gasteiger partial charge < -0.3 is 14.3 Å². The van der Waals surface area contributed by atoms with Gasteiger partial charge in [-0.3, -0.25) is 0 Å². The number of carbonyl (C=O) groups excluding carboxylic acids is 1. The molecular weight excluding hydrogens is 264 g/mol. The van der Waals surface area contributed by atoms with Crippen molar-refractivity contribution in [2.45, 2.75) is 19.8 Å². The molecule has 2 aliphatic rings. The van der Waals surface area contributed by atoms with Crippen molar-refractivity contribution in [1.82, 2.24) is 0 Å². The number of ether oxygens (including phenoxy) is 2. The van der Waals surface area contributed by atoms with Gasteiger partial charge in [0, 0.05) is 23.8 Å². The lowest BCUT2D eigenvalue weighted by Gasteiger charge is -2.22. The zero-order chi connectivity index (χ0) is 13.8. The maximum absolute atomic E-state index is 10.8. The van der Waals surface area contributed by atoms with Crippen LogP contribution in [-0.2, 0) is 14.3 Å². The van der Waals surface area contributed by atoms with Crippen molar-refractivity contribution in [3.63, 3.8) is 0 Å². The normalized spacial score (nSPS) is 26.7. The highest BCUT2D eigenvalue weighted by molar-refractivity contribution is 6.30. The second-order valence-electron chi connectivity index (χ2n) is 4.75. The lowest BCUT2D eigenvalue weighted by molar-refractivity contribution is -0.110. The van der Waals surface area contributed by atoms with Gasteiger partial charge in [-0.1, -0.05) is 24.6 Å². The molecule has 0 aromatic carbocycles. The number of halogens is 1. The molecule has 2 aliphatic carbocycles. The topological polar surface area (TPSA) is 35.5 Å². The van der Waals surface area contributed by atoms with Crippen molar-refractivity contribution in [2.24, 2.45) is 11.8 Å². The van der Waals surface area contributed by atoms with Crippen LogP contribution in [0.15, 0.2) is 46.6 Å². The summed E-state index contributed by atoms with van der Waals surface area (Å²) in [5.74, 6) is 2.37. The molecule has 2 rings (SSSR count). The molecule has 0 bridgehead atoms. The van der Waals surface area contributed by atoms with Crippen LogP contribution in [0.5, 0.6) is 0 Å². The van der Waals surface area contributed by atoms with E-state index in [4.69, 9.17) is 21.1 Å². The monoisotopic (exact) mass is 280 g/mol. The lowest BCUT2D eigenvalue weighted by Crippen LogP contribution is -2.11. The average molecular weight is 281 g/mol. The van der Waals surface area contributed by atoms with Crippen LogP contribution in [0, 0.1) is 11.8 Å².